The van der Waals surface area contributed by atoms with E-state index in [0.29, 0.717) is 31.3 Å². The molecule has 2 aromatic carbocycles. The first-order chi connectivity index (χ1) is 16.3. The Morgan fingerprint density at radius 3 is 2.50 bits per heavy atom. The minimum absolute atomic E-state index is 0.0326. The highest BCUT2D eigenvalue weighted by Crippen LogP contribution is 2.24. The van der Waals surface area contributed by atoms with Crippen LogP contribution < -0.4 is 5.32 Å². The number of carbonyl (C=O) groups excluding carboxylic acids is 1. The van der Waals surface area contributed by atoms with Crippen molar-refractivity contribution in [3.63, 3.8) is 0 Å². The van der Waals surface area contributed by atoms with Crippen molar-refractivity contribution in [1.29, 1.82) is 0 Å². The minimum Gasteiger partial charge on any atom is -0.421 e. The molecule has 0 unspecified atom stereocenters. The number of aromatic nitrogens is 2. The van der Waals surface area contributed by atoms with Crippen LogP contribution in [0.2, 0.25) is 0 Å². The van der Waals surface area contributed by atoms with Crippen LogP contribution in [0.4, 0.5) is 4.79 Å². The van der Waals surface area contributed by atoms with E-state index in [2.05, 4.69) is 33.1 Å². The average Bonchev–Trinajstić information content (AvgIpc) is 3.32. The fourth-order valence-electron chi connectivity index (χ4n) is 4.07. The molecule has 1 saturated heterocycles. The zero-order valence-electron chi connectivity index (χ0n) is 20.3. The van der Waals surface area contributed by atoms with Crippen LogP contribution in [0.15, 0.2) is 65.6 Å². The highest BCUT2D eigenvalue weighted by atomic mass is 16.4. The Kier molecular flexibility index (Phi) is 7.12. The number of benzene rings is 2. The number of rotatable bonds is 7. The monoisotopic (exact) mass is 459 g/mol. The first kappa shape index (κ1) is 23.7. The molecule has 0 radical (unpaired) electrons. The Balaban J connectivity index is 1.26. The molecule has 0 bridgehead atoms. The first-order valence-electron chi connectivity index (χ1n) is 11.8. The second-order valence-corrected chi connectivity index (χ2v) is 9.36. The molecule has 7 nitrogen and oxygen atoms in total. The standard InChI is InChI=1S/C27H33N5O2/c1-20(2)22-11-8-12-23(19-22)27(3,4)28-26(33)32-17-15-31(16-18-32)14-13-24-29-30-25(34-24)21-9-6-5-7-10-21/h5-12,19H,1,13-18H2,2-4H3,(H,28,33). The summed E-state index contributed by atoms with van der Waals surface area (Å²) in [5, 5.41) is 11.5. The third-order valence-electron chi connectivity index (χ3n) is 6.29. The van der Waals surface area contributed by atoms with E-state index in [-0.39, 0.29) is 6.03 Å². The van der Waals surface area contributed by atoms with Crippen LogP contribution in [-0.4, -0.2) is 58.8 Å². The van der Waals surface area contributed by atoms with Gasteiger partial charge in [0.15, 0.2) is 0 Å². The van der Waals surface area contributed by atoms with Crippen molar-refractivity contribution in [1.82, 2.24) is 25.3 Å². The quantitative estimate of drug-likeness (QED) is 0.560. The molecular weight excluding hydrogens is 426 g/mol. The second kappa shape index (κ2) is 10.2. The Hall–Kier alpha value is -3.45. The van der Waals surface area contributed by atoms with Crippen molar-refractivity contribution in [3.05, 3.63) is 78.2 Å². The highest BCUT2D eigenvalue weighted by molar-refractivity contribution is 5.75. The Morgan fingerprint density at radius 1 is 1.06 bits per heavy atom. The summed E-state index contributed by atoms with van der Waals surface area (Å²) in [7, 11) is 0. The summed E-state index contributed by atoms with van der Waals surface area (Å²) < 4.78 is 5.81. The highest BCUT2D eigenvalue weighted by Gasteiger charge is 2.28. The maximum Gasteiger partial charge on any atom is 0.318 e. The zero-order chi connectivity index (χ0) is 24.1. The number of nitrogens with zero attached hydrogens (tertiary/aromatic N) is 4. The van der Waals surface area contributed by atoms with Crippen molar-refractivity contribution >= 4 is 11.6 Å². The molecule has 1 aliphatic rings. The predicted molar refractivity (Wildman–Crippen MR) is 134 cm³/mol. The van der Waals surface area contributed by atoms with E-state index in [1.807, 2.05) is 74.2 Å². The third kappa shape index (κ3) is 5.72. The van der Waals surface area contributed by atoms with E-state index in [0.717, 1.165) is 41.9 Å². The van der Waals surface area contributed by atoms with Gasteiger partial charge in [-0.05, 0) is 50.1 Å². The van der Waals surface area contributed by atoms with Gasteiger partial charge in [0.2, 0.25) is 11.8 Å². The molecule has 0 aliphatic carbocycles. The number of allylic oxidation sites excluding steroid dienone is 1. The zero-order valence-corrected chi connectivity index (χ0v) is 20.3. The number of amides is 2. The molecule has 7 heteroatoms. The SMILES string of the molecule is C=C(C)c1cccc(C(C)(C)NC(=O)N2CCN(CCc3nnc(-c4ccccc4)o3)CC2)c1. The largest absolute Gasteiger partial charge is 0.421 e. The molecule has 2 amide bonds. The molecule has 34 heavy (non-hydrogen) atoms. The van der Waals surface area contributed by atoms with E-state index >= 15 is 0 Å². The molecule has 3 aromatic rings. The normalized spacial score (nSPS) is 14.7. The van der Waals surface area contributed by atoms with E-state index in [9.17, 15) is 4.79 Å². The molecule has 1 fully saturated rings. The van der Waals surface area contributed by atoms with Crippen molar-refractivity contribution < 1.29 is 9.21 Å². The topological polar surface area (TPSA) is 74.5 Å². The maximum absolute atomic E-state index is 13.0. The van der Waals surface area contributed by atoms with Gasteiger partial charge < -0.3 is 14.6 Å². The number of carbonyl (C=O) groups is 1. The second-order valence-electron chi connectivity index (χ2n) is 9.36. The van der Waals surface area contributed by atoms with E-state index in [1.54, 1.807) is 0 Å². The lowest BCUT2D eigenvalue weighted by Crippen LogP contribution is -2.55. The molecule has 0 spiro atoms. The van der Waals surface area contributed by atoms with E-state index in [1.165, 1.54) is 0 Å². The van der Waals surface area contributed by atoms with Gasteiger partial charge in [0.05, 0.1) is 5.54 Å². The molecular formula is C27H33N5O2. The van der Waals surface area contributed by atoms with Crippen molar-refractivity contribution in [2.45, 2.75) is 32.7 Å². The molecule has 0 saturated carbocycles. The van der Waals surface area contributed by atoms with Crippen molar-refractivity contribution in [2.24, 2.45) is 0 Å². The van der Waals surface area contributed by atoms with Gasteiger partial charge in [-0.25, -0.2) is 4.79 Å². The van der Waals surface area contributed by atoms with Crippen LogP contribution in [0.3, 0.4) is 0 Å². The van der Waals surface area contributed by atoms with Gasteiger partial charge in [-0.3, -0.25) is 4.90 Å². The fraction of sp³-hybridized carbons (Fsp3) is 0.370. The summed E-state index contributed by atoms with van der Waals surface area (Å²) in [6, 6.07) is 18.0. The van der Waals surface area contributed by atoms with Gasteiger partial charge in [0, 0.05) is 44.7 Å². The fourth-order valence-corrected chi connectivity index (χ4v) is 4.07. The van der Waals surface area contributed by atoms with Crippen LogP contribution in [0.1, 0.15) is 37.8 Å². The lowest BCUT2D eigenvalue weighted by atomic mass is 9.92. The molecule has 1 N–H and O–H groups in total. The van der Waals surface area contributed by atoms with Crippen molar-refractivity contribution in [2.75, 3.05) is 32.7 Å². The number of piperazine rings is 1. The van der Waals surface area contributed by atoms with Gasteiger partial charge in [-0.2, -0.15) is 0 Å². The predicted octanol–water partition coefficient (Wildman–Crippen LogP) is 4.57. The van der Waals surface area contributed by atoms with Crippen LogP contribution in [0, 0.1) is 0 Å². The number of hydrogen-bond acceptors (Lipinski definition) is 5. The van der Waals surface area contributed by atoms with E-state index < -0.39 is 5.54 Å². The molecule has 2 heterocycles. The minimum atomic E-state index is -0.478. The molecule has 1 aromatic heterocycles. The van der Waals surface area contributed by atoms with E-state index in [4.69, 9.17) is 4.42 Å². The van der Waals surface area contributed by atoms with Crippen LogP contribution in [-0.2, 0) is 12.0 Å². The summed E-state index contributed by atoms with van der Waals surface area (Å²) in [5.41, 5.74) is 3.61. The lowest BCUT2D eigenvalue weighted by molar-refractivity contribution is 0.133. The summed E-state index contributed by atoms with van der Waals surface area (Å²) in [6.07, 6.45) is 0.693. The van der Waals surface area contributed by atoms with Crippen LogP contribution in [0.5, 0.6) is 0 Å². The number of urea groups is 1. The van der Waals surface area contributed by atoms with Crippen LogP contribution in [0.25, 0.3) is 17.0 Å². The van der Waals surface area contributed by atoms with Gasteiger partial charge in [0.1, 0.15) is 0 Å². The van der Waals surface area contributed by atoms with Gasteiger partial charge in [-0.15, -0.1) is 10.2 Å². The summed E-state index contributed by atoms with van der Waals surface area (Å²) >= 11 is 0. The summed E-state index contributed by atoms with van der Waals surface area (Å²) in [5.74, 6) is 1.19. The van der Waals surface area contributed by atoms with Crippen molar-refractivity contribution in [3.8, 4) is 11.5 Å². The first-order valence-corrected chi connectivity index (χ1v) is 11.8. The smallest absolute Gasteiger partial charge is 0.318 e. The average molecular weight is 460 g/mol. The van der Waals surface area contributed by atoms with Crippen LogP contribution >= 0.6 is 0 Å². The number of nitrogens with one attached hydrogen (secondary N) is 1. The summed E-state index contributed by atoms with van der Waals surface area (Å²) in [4.78, 5) is 17.2. The Morgan fingerprint density at radius 2 is 1.79 bits per heavy atom. The van der Waals surface area contributed by atoms with Gasteiger partial charge >= 0.3 is 6.03 Å². The van der Waals surface area contributed by atoms with Gasteiger partial charge in [0.25, 0.3) is 0 Å². The lowest BCUT2D eigenvalue weighted by Gasteiger charge is -2.37. The summed E-state index contributed by atoms with van der Waals surface area (Å²) in [6.45, 7) is 13.9. The third-order valence-corrected chi connectivity index (χ3v) is 6.29. The number of hydrogen-bond donors (Lipinski definition) is 1. The molecule has 178 valence electrons. The Bertz CT molecular complexity index is 1130. The van der Waals surface area contributed by atoms with Gasteiger partial charge in [-0.1, -0.05) is 48.6 Å². The molecule has 0 atom stereocenters. The molecule has 1 aliphatic heterocycles. The molecule has 4 rings (SSSR count). The maximum atomic E-state index is 13.0. The Labute approximate surface area is 201 Å².